The predicted octanol–water partition coefficient (Wildman–Crippen LogP) is 7.17. The Labute approximate surface area is 175 Å². The number of unbranched alkanes of at least 4 members (excludes halogenated alkanes) is 2. The molecule has 0 aliphatic carbocycles. The molecular weight excluding hydrogens is 358 g/mol. The van der Waals surface area contributed by atoms with Crippen molar-refractivity contribution in [3.05, 3.63) is 77.9 Å². The Bertz CT molecular complexity index is 695. The minimum atomic E-state index is -0.719. The van der Waals surface area contributed by atoms with E-state index in [-0.39, 0.29) is 0 Å². The van der Waals surface area contributed by atoms with Crippen LogP contribution in [0.3, 0.4) is 0 Å². The summed E-state index contributed by atoms with van der Waals surface area (Å²) in [6.45, 7) is 11.4. The number of hydrogen-bond acceptors (Lipinski definition) is 1. The topological polar surface area (TPSA) is 3.24 Å². The van der Waals surface area contributed by atoms with Gasteiger partial charge >= 0.3 is 0 Å². The Kier molecular flexibility index (Phi) is 9.34. The number of nitrogens with zero attached hydrogens (tertiary/aromatic N) is 1. The molecular formula is C26H39NS. The monoisotopic (exact) mass is 397 g/mol. The van der Waals surface area contributed by atoms with Gasteiger partial charge in [-0.2, -0.15) is 10.2 Å². The maximum atomic E-state index is 4.29. The fourth-order valence-electron chi connectivity index (χ4n) is 3.45. The van der Waals surface area contributed by atoms with Gasteiger partial charge in [0.1, 0.15) is 0 Å². The van der Waals surface area contributed by atoms with E-state index in [9.17, 15) is 0 Å². The summed E-state index contributed by atoms with van der Waals surface area (Å²) in [5.41, 5.74) is 4.96. The van der Waals surface area contributed by atoms with Crippen molar-refractivity contribution in [3.63, 3.8) is 0 Å². The van der Waals surface area contributed by atoms with E-state index >= 15 is 0 Å². The van der Waals surface area contributed by atoms with Crippen LogP contribution >= 0.6 is 10.2 Å². The van der Waals surface area contributed by atoms with Crippen molar-refractivity contribution in [2.75, 3.05) is 31.4 Å². The first-order valence-corrected chi connectivity index (χ1v) is 13.3. The first-order valence-electron chi connectivity index (χ1n) is 10.8. The summed E-state index contributed by atoms with van der Waals surface area (Å²) in [6, 6.07) is 19.5. The Morgan fingerprint density at radius 3 is 1.89 bits per heavy atom. The number of hydrogen-bond donors (Lipinski definition) is 0. The molecule has 1 nitrogen and oxygen atoms in total. The lowest BCUT2D eigenvalue weighted by atomic mass is 9.98. The largest absolute Gasteiger partial charge is 0.268 e. The smallest absolute Gasteiger partial charge is 0.00738 e. The summed E-state index contributed by atoms with van der Waals surface area (Å²) in [5.74, 6) is 1.28. The van der Waals surface area contributed by atoms with Crippen LogP contribution in [0.5, 0.6) is 0 Å². The van der Waals surface area contributed by atoms with E-state index in [1.807, 2.05) is 6.07 Å². The average molecular weight is 398 g/mol. The Morgan fingerprint density at radius 1 is 0.821 bits per heavy atom. The van der Waals surface area contributed by atoms with Gasteiger partial charge in [-0.15, -0.1) is 0 Å². The molecule has 0 saturated heterocycles. The predicted molar refractivity (Wildman–Crippen MR) is 130 cm³/mol. The highest BCUT2D eigenvalue weighted by molar-refractivity contribution is 8.30. The molecule has 154 valence electrons. The first kappa shape index (κ1) is 22.8. The van der Waals surface area contributed by atoms with Crippen LogP contribution in [0.25, 0.3) is 5.57 Å². The van der Waals surface area contributed by atoms with Gasteiger partial charge in [0, 0.05) is 13.1 Å². The zero-order valence-corrected chi connectivity index (χ0v) is 19.2. The van der Waals surface area contributed by atoms with E-state index in [1.54, 1.807) is 0 Å². The second-order valence-corrected chi connectivity index (χ2v) is 12.0. The fourth-order valence-corrected chi connectivity index (χ4v) is 5.69. The first-order chi connectivity index (χ1) is 13.5. The lowest BCUT2D eigenvalue weighted by Crippen LogP contribution is -2.31. The second-order valence-electron chi connectivity index (χ2n) is 8.11. The molecule has 0 aliphatic heterocycles. The third kappa shape index (κ3) is 6.83. The summed E-state index contributed by atoms with van der Waals surface area (Å²) >= 11 is 0. The summed E-state index contributed by atoms with van der Waals surface area (Å²) in [4.78, 5) is 0. The fraction of sp³-hybridized carbons (Fsp3) is 0.462. The number of rotatable bonds is 12. The average Bonchev–Trinajstić information content (AvgIpc) is 2.72. The molecule has 0 fully saturated rings. The van der Waals surface area contributed by atoms with Crippen LogP contribution in [0.15, 0.2) is 61.2 Å². The van der Waals surface area contributed by atoms with Crippen molar-refractivity contribution < 1.29 is 0 Å². The molecule has 2 rings (SSSR count). The maximum absolute atomic E-state index is 4.29. The van der Waals surface area contributed by atoms with Gasteiger partial charge in [0.05, 0.1) is 0 Å². The van der Waals surface area contributed by atoms with Crippen LogP contribution in [-0.2, 0) is 6.42 Å². The minimum absolute atomic E-state index is 0.719. The van der Waals surface area contributed by atoms with E-state index in [0.717, 1.165) is 12.0 Å². The van der Waals surface area contributed by atoms with Crippen molar-refractivity contribution in [1.82, 2.24) is 4.31 Å². The van der Waals surface area contributed by atoms with Crippen molar-refractivity contribution in [2.45, 2.75) is 46.0 Å². The second kappa shape index (κ2) is 11.5. The lowest BCUT2D eigenvalue weighted by molar-refractivity contribution is 0.434. The highest BCUT2D eigenvalue weighted by Gasteiger charge is 2.20. The van der Waals surface area contributed by atoms with Crippen molar-refractivity contribution in [1.29, 1.82) is 0 Å². The van der Waals surface area contributed by atoms with E-state index in [1.165, 1.54) is 61.2 Å². The van der Waals surface area contributed by atoms with Crippen LogP contribution in [-0.4, -0.2) is 35.7 Å². The van der Waals surface area contributed by atoms with Gasteiger partial charge in [0.25, 0.3) is 0 Å². The molecule has 0 aromatic heterocycles. The molecule has 0 saturated carbocycles. The summed E-state index contributed by atoms with van der Waals surface area (Å²) < 4.78 is 2.80. The zero-order chi connectivity index (χ0) is 20.4. The molecule has 0 heterocycles. The van der Waals surface area contributed by atoms with E-state index in [2.05, 4.69) is 85.8 Å². The van der Waals surface area contributed by atoms with E-state index < -0.39 is 10.2 Å². The van der Waals surface area contributed by atoms with Crippen molar-refractivity contribution >= 4 is 15.8 Å². The van der Waals surface area contributed by atoms with Gasteiger partial charge in [-0.1, -0.05) is 87.9 Å². The van der Waals surface area contributed by atoms with Crippen molar-refractivity contribution in [2.24, 2.45) is 0 Å². The molecule has 2 aromatic rings. The molecule has 0 radical (unpaired) electrons. The third-order valence-electron chi connectivity index (χ3n) is 5.54. The summed E-state index contributed by atoms with van der Waals surface area (Å²) in [6.07, 6.45) is 11.4. The Morgan fingerprint density at radius 2 is 1.36 bits per heavy atom. The molecule has 0 atom stereocenters. The number of benzene rings is 2. The van der Waals surface area contributed by atoms with Gasteiger partial charge in [0.2, 0.25) is 0 Å². The summed E-state index contributed by atoms with van der Waals surface area (Å²) in [7, 11) is -0.719. The van der Waals surface area contributed by atoms with Gasteiger partial charge in [-0.3, -0.25) is 4.31 Å². The van der Waals surface area contributed by atoms with Gasteiger partial charge < -0.3 is 0 Å². The molecule has 0 N–H and O–H groups in total. The molecule has 0 spiro atoms. The minimum Gasteiger partial charge on any atom is -0.268 e. The van der Waals surface area contributed by atoms with E-state index in [0.29, 0.717) is 0 Å². The van der Waals surface area contributed by atoms with Crippen LogP contribution < -0.4 is 0 Å². The maximum Gasteiger partial charge on any atom is 0.00738 e. The molecule has 2 heteroatoms. The van der Waals surface area contributed by atoms with Crippen LogP contribution in [0, 0.1) is 0 Å². The van der Waals surface area contributed by atoms with Gasteiger partial charge in [-0.05, 0) is 59.8 Å². The normalized spacial score (nSPS) is 12.3. The standard InChI is InChI=1S/C26H39NS/c1-6-8-20-27(21-9-7-2)28(4,5)22-19-24-15-17-26(18-16-24)23(3)25-13-11-10-12-14-25/h10-18H,3,6-9,19-22H2,1-2,4-5H3. The highest BCUT2D eigenvalue weighted by Crippen LogP contribution is 2.45. The number of aryl methyl sites for hydroxylation is 1. The zero-order valence-electron chi connectivity index (χ0n) is 18.4. The summed E-state index contributed by atoms with van der Waals surface area (Å²) in [5, 5.41) is 0. The Hall–Kier alpha value is -1.51. The van der Waals surface area contributed by atoms with Crippen molar-refractivity contribution in [3.8, 4) is 0 Å². The lowest BCUT2D eigenvalue weighted by Gasteiger charge is -2.44. The molecule has 0 aliphatic rings. The third-order valence-corrected chi connectivity index (χ3v) is 8.50. The van der Waals surface area contributed by atoms with Gasteiger partial charge in [-0.25, -0.2) is 0 Å². The molecule has 2 aromatic carbocycles. The highest BCUT2D eigenvalue weighted by atomic mass is 32.3. The van der Waals surface area contributed by atoms with Crippen LogP contribution in [0.2, 0.25) is 0 Å². The molecule has 0 unspecified atom stereocenters. The molecule has 0 amide bonds. The molecule has 28 heavy (non-hydrogen) atoms. The van der Waals surface area contributed by atoms with Crippen LogP contribution in [0.1, 0.15) is 56.2 Å². The van der Waals surface area contributed by atoms with Gasteiger partial charge in [0.15, 0.2) is 0 Å². The Balaban J connectivity index is 1.97. The quantitative estimate of drug-likeness (QED) is 0.367. The molecule has 0 bridgehead atoms. The van der Waals surface area contributed by atoms with E-state index in [4.69, 9.17) is 0 Å². The SMILES string of the molecule is C=C(c1ccccc1)c1ccc(CCS(C)(C)N(CCCC)CCCC)cc1. The van der Waals surface area contributed by atoms with Crippen LogP contribution in [0.4, 0.5) is 0 Å².